The van der Waals surface area contributed by atoms with Gasteiger partial charge in [-0.25, -0.2) is 14.6 Å². The second-order valence-electron chi connectivity index (χ2n) is 4.60. The molecule has 0 aliphatic heterocycles. The number of nitrogens with zero attached hydrogens (tertiary/aromatic N) is 4. The van der Waals surface area contributed by atoms with Gasteiger partial charge in [-0.05, 0) is 24.6 Å². The van der Waals surface area contributed by atoms with Crippen molar-refractivity contribution >= 4 is 22.8 Å². The van der Waals surface area contributed by atoms with Gasteiger partial charge in [-0.3, -0.25) is 4.79 Å². The maximum atomic E-state index is 10.6. The van der Waals surface area contributed by atoms with Gasteiger partial charge in [0, 0.05) is 0 Å². The van der Waals surface area contributed by atoms with E-state index in [-0.39, 0.29) is 6.54 Å². The Balaban J connectivity index is 2.06. The van der Waals surface area contributed by atoms with E-state index >= 15 is 0 Å². The number of carboxylic acid groups (broad SMARTS) is 1. The number of nitrogens with one attached hydrogen (secondary N) is 1. The number of hydrogen-bond donors (Lipinski definition) is 2. The zero-order valence-electron chi connectivity index (χ0n) is 11.3. The standard InChI is InChI=1S/C14H13N5O2/c1-9-3-2-4-10(5-9)19-14-11(6-18-19)13(16-8-17-14)15-7-12(20)21/h2-6,8H,7H2,1H3,(H,20,21)(H,15,16,17). The van der Waals surface area contributed by atoms with Crippen LogP contribution in [0.5, 0.6) is 0 Å². The third kappa shape index (κ3) is 2.53. The SMILES string of the molecule is Cc1cccc(-n2ncc3c(NCC(=O)O)ncnc32)c1. The van der Waals surface area contributed by atoms with Gasteiger partial charge in [-0.2, -0.15) is 5.10 Å². The smallest absolute Gasteiger partial charge is 0.322 e. The van der Waals surface area contributed by atoms with Gasteiger partial charge >= 0.3 is 5.97 Å². The molecule has 0 radical (unpaired) electrons. The number of anilines is 1. The minimum atomic E-state index is -0.951. The monoisotopic (exact) mass is 283 g/mol. The fourth-order valence-electron chi connectivity index (χ4n) is 2.09. The highest BCUT2D eigenvalue weighted by atomic mass is 16.4. The van der Waals surface area contributed by atoms with Crippen LogP contribution < -0.4 is 5.32 Å². The highest BCUT2D eigenvalue weighted by Gasteiger charge is 2.11. The molecular formula is C14H13N5O2. The predicted molar refractivity (Wildman–Crippen MR) is 77.5 cm³/mol. The molecule has 7 nitrogen and oxygen atoms in total. The fourth-order valence-corrected chi connectivity index (χ4v) is 2.09. The summed E-state index contributed by atoms with van der Waals surface area (Å²) in [5, 5.41) is 16.5. The molecule has 2 N–H and O–H groups in total. The molecule has 0 aliphatic carbocycles. The molecule has 3 aromatic rings. The molecule has 0 aliphatic rings. The van der Waals surface area contributed by atoms with E-state index in [0.29, 0.717) is 16.9 Å². The quantitative estimate of drug-likeness (QED) is 0.755. The maximum Gasteiger partial charge on any atom is 0.322 e. The average Bonchev–Trinajstić information content (AvgIpc) is 2.89. The van der Waals surface area contributed by atoms with E-state index in [1.54, 1.807) is 10.9 Å². The highest BCUT2D eigenvalue weighted by molar-refractivity contribution is 5.88. The minimum Gasteiger partial charge on any atom is -0.480 e. The van der Waals surface area contributed by atoms with Crippen molar-refractivity contribution in [2.24, 2.45) is 0 Å². The van der Waals surface area contributed by atoms with Gasteiger partial charge in [0.25, 0.3) is 0 Å². The summed E-state index contributed by atoms with van der Waals surface area (Å²) in [6, 6.07) is 7.89. The van der Waals surface area contributed by atoms with Crippen LogP contribution in [0.1, 0.15) is 5.56 Å². The van der Waals surface area contributed by atoms with Crippen molar-refractivity contribution in [2.75, 3.05) is 11.9 Å². The third-order valence-corrected chi connectivity index (χ3v) is 3.02. The largest absolute Gasteiger partial charge is 0.480 e. The minimum absolute atomic E-state index is 0.207. The first-order chi connectivity index (χ1) is 10.1. The molecule has 0 fully saturated rings. The summed E-state index contributed by atoms with van der Waals surface area (Å²) < 4.78 is 1.70. The van der Waals surface area contributed by atoms with E-state index < -0.39 is 5.97 Å². The Bertz CT molecular complexity index is 812. The van der Waals surface area contributed by atoms with Gasteiger partial charge in [0.1, 0.15) is 18.7 Å². The van der Waals surface area contributed by atoms with Crippen molar-refractivity contribution in [3.8, 4) is 5.69 Å². The van der Waals surface area contributed by atoms with Gasteiger partial charge in [0.05, 0.1) is 17.3 Å². The summed E-state index contributed by atoms with van der Waals surface area (Å²) in [7, 11) is 0. The van der Waals surface area contributed by atoms with Crippen molar-refractivity contribution in [1.82, 2.24) is 19.7 Å². The predicted octanol–water partition coefficient (Wildman–Crippen LogP) is 1.62. The molecule has 2 heterocycles. The average molecular weight is 283 g/mol. The summed E-state index contributed by atoms with van der Waals surface area (Å²) in [5.41, 5.74) is 2.64. The van der Waals surface area contributed by atoms with Gasteiger partial charge in [0.2, 0.25) is 0 Å². The van der Waals surface area contributed by atoms with Crippen molar-refractivity contribution in [3.05, 3.63) is 42.4 Å². The van der Waals surface area contributed by atoms with Gasteiger partial charge in [-0.1, -0.05) is 12.1 Å². The Morgan fingerprint density at radius 1 is 1.38 bits per heavy atom. The molecule has 3 rings (SSSR count). The van der Waals surface area contributed by atoms with Crippen molar-refractivity contribution in [3.63, 3.8) is 0 Å². The number of benzene rings is 1. The van der Waals surface area contributed by atoms with Gasteiger partial charge in [0.15, 0.2) is 5.65 Å². The zero-order chi connectivity index (χ0) is 14.8. The Hall–Kier alpha value is -2.96. The van der Waals surface area contributed by atoms with Crippen LogP contribution in [-0.4, -0.2) is 37.4 Å². The lowest BCUT2D eigenvalue weighted by Gasteiger charge is -2.05. The van der Waals surface area contributed by atoms with E-state index in [1.807, 2.05) is 31.2 Å². The van der Waals surface area contributed by atoms with E-state index in [0.717, 1.165) is 11.3 Å². The second kappa shape index (κ2) is 5.20. The number of hydrogen-bond acceptors (Lipinski definition) is 5. The van der Waals surface area contributed by atoms with Crippen LogP contribution in [-0.2, 0) is 4.79 Å². The molecule has 0 amide bonds. The first-order valence-corrected chi connectivity index (χ1v) is 6.36. The molecule has 1 aromatic carbocycles. The summed E-state index contributed by atoms with van der Waals surface area (Å²) in [4.78, 5) is 18.9. The molecule has 0 atom stereocenters. The third-order valence-electron chi connectivity index (χ3n) is 3.02. The molecule has 0 bridgehead atoms. The molecule has 0 spiro atoms. The molecule has 7 heteroatoms. The van der Waals surface area contributed by atoms with Crippen LogP contribution in [0.3, 0.4) is 0 Å². The Morgan fingerprint density at radius 2 is 2.24 bits per heavy atom. The second-order valence-corrected chi connectivity index (χ2v) is 4.60. The summed E-state index contributed by atoms with van der Waals surface area (Å²) in [6.45, 7) is 1.80. The Labute approximate surface area is 120 Å². The highest BCUT2D eigenvalue weighted by Crippen LogP contribution is 2.21. The molecule has 21 heavy (non-hydrogen) atoms. The summed E-state index contributed by atoms with van der Waals surface area (Å²) >= 11 is 0. The summed E-state index contributed by atoms with van der Waals surface area (Å²) in [5.74, 6) is -0.492. The van der Waals surface area contributed by atoms with Gasteiger partial charge in [-0.15, -0.1) is 0 Å². The van der Waals surface area contributed by atoms with Crippen molar-refractivity contribution in [2.45, 2.75) is 6.92 Å². The molecular weight excluding hydrogens is 270 g/mol. The van der Waals surface area contributed by atoms with Crippen LogP contribution in [0.4, 0.5) is 5.82 Å². The number of carboxylic acids is 1. The first-order valence-electron chi connectivity index (χ1n) is 6.36. The van der Waals surface area contributed by atoms with Crippen LogP contribution in [0.2, 0.25) is 0 Å². The van der Waals surface area contributed by atoms with Crippen LogP contribution >= 0.6 is 0 Å². The number of aliphatic carboxylic acids is 1. The van der Waals surface area contributed by atoms with E-state index in [9.17, 15) is 4.79 Å². The lowest BCUT2D eigenvalue weighted by atomic mass is 10.2. The lowest BCUT2D eigenvalue weighted by Crippen LogP contribution is -2.13. The topological polar surface area (TPSA) is 92.9 Å². The van der Waals surface area contributed by atoms with Crippen molar-refractivity contribution in [1.29, 1.82) is 0 Å². The van der Waals surface area contributed by atoms with Crippen LogP contribution in [0, 0.1) is 6.92 Å². The Kier molecular flexibility index (Phi) is 3.23. The molecule has 0 saturated carbocycles. The zero-order valence-corrected chi connectivity index (χ0v) is 11.3. The Morgan fingerprint density at radius 3 is 3.00 bits per heavy atom. The molecule has 106 valence electrons. The number of aryl methyl sites for hydroxylation is 1. The van der Waals surface area contributed by atoms with E-state index in [4.69, 9.17) is 5.11 Å². The fraction of sp³-hybridized carbons (Fsp3) is 0.143. The normalized spacial score (nSPS) is 10.7. The number of fused-ring (bicyclic) bond motifs is 1. The van der Waals surface area contributed by atoms with Crippen molar-refractivity contribution < 1.29 is 9.90 Å². The van der Waals surface area contributed by atoms with Gasteiger partial charge < -0.3 is 10.4 Å². The van der Waals surface area contributed by atoms with E-state index in [2.05, 4.69) is 20.4 Å². The number of carbonyl (C=O) groups is 1. The molecule has 0 saturated heterocycles. The van der Waals surface area contributed by atoms with Crippen LogP contribution in [0.25, 0.3) is 16.7 Å². The first kappa shape index (κ1) is 13.0. The van der Waals surface area contributed by atoms with E-state index in [1.165, 1.54) is 6.33 Å². The lowest BCUT2D eigenvalue weighted by molar-refractivity contribution is -0.134. The summed E-state index contributed by atoms with van der Waals surface area (Å²) in [6.07, 6.45) is 3.02. The molecule has 0 unspecified atom stereocenters. The maximum absolute atomic E-state index is 10.6. The number of aromatic nitrogens is 4. The molecule has 2 aromatic heterocycles. The van der Waals surface area contributed by atoms with Crippen LogP contribution in [0.15, 0.2) is 36.8 Å². The number of rotatable bonds is 4.